The summed E-state index contributed by atoms with van der Waals surface area (Å²) >= 11 is 0. The van der Waals surface area contributed by atoms with Gasteiger partial charge in [0.05, 0.1) is 19.3 Å². The summed E-state index contributed by atoms with van der Waals surface area (Å²) in [6.07, 6.45) is 11.4. The van der Waals surface area contributed by atoms with Crippen LogP contribution in [0.25, 0.3) is 0 Å². The fourth-order valence-corrected chi connectivity index (χ4v) is 3.04. The van der Waals surface area contributed by atoms with E-state index >= 15 is 0 Å². The van der Waals surface area contributed by atoms with E-state index in [2.05, 4.69) is 12.2 Å². The van der Waals surface area contributed by atoms with Crippen LogP contribution < -0.4 is 5.32 Å². The Bertz CT molecular complexity index is 242. The molecule has 0 aromatic rings. The lowest BCUT2D eigenvalue weighted by atomic mass is 9.99. The van der Waals surface area contributed by atoms with Crippen LogP contribution in [0.5, 0.6) is 0 Å². The summed E-state index contributed by atoms with van der Waals surface area (Å²) in [4.78, 5) is 0. The highest BCUT2D eigenvalue weighted by atomic mass is 16.5. The summed E-state index contributed by atoms with van der Waals surface area (Å²) in [5.41, 5.74) is -0.153. The van der Waals surface area contributed by atoms with Gasteiger partial charge in [0.15, 0.2) is 0 Å². The van der Waals surface area contributed by atoms with Gasteiger partial charge in [-0.05, 0) is 19.3 Å². The molecule has 1 atom stereocenters. The molecule has 4 heteroatoms. The van der Waals surface area contributed by atoms with E-state index in [4.69, 9.17) is 4.74 Å². The van der Waals surface area contributed by atoms with Crippen molar-refractivity contribution in [1.82, 2.24) is 5.32 Å². The molecular weight excluding hydrogens is 266 g/mol. The average molecular weight is 301 g/mol. The first-order chi connectivity index (χ1) is 10.2. The molecule has 1 saturated carbocycles. The van der Waals surface area contributed by atoms with E-state index < -0.39 is 6.10 Å². The van der Waals surface area contributed by atoms with Gasteiger partial charge in [0.25, 0.3) is 0 Å². The maximum Gasteiger partial charge on any atom is 0.0897 e. The van der Waals surface area contributed by atoms with Crippen LogP contribution in [0, 0.1) is 0 Å². The molecule has 0 saturated heterocycles. The Morgan fingerprint density at radius 3 is 2.43 bits per heavy atom. The molecule has 1 fully saturated rings. The fraction of sp³-hybridized carbons (Fsp3) is 1.00. The Kier molecular flexibility index (Phi) is 10.3. The van der Waals surface area contributed by atoms with Gasteiger partial charge in [0, 0.05) is 18.7 Å². The van der Waals surface area contributed by atoms with Crippen molar-refractivity contribution in [2.75, 3.05) is 26.4 Å². The van der Waals surface area contributed by atoms with Gasteiger partial charge in [-0.1, -0.05) is 51.9 Å². The van der Waals surface area contributed by atoms with Crippen molar-refractivity contribution < 1.29 is 14.9 Å². The molecule has 3 N–H and O–H groups in total. The molecule has 0 spiro atoms. The zero-order valence-electron chi connectivity index (χ0n) is 13.8. The highest BCUT2D eigenvalue weighted by Crippen LogP contribution is 2.28. The molecule has 0 radical (unpaired) electrons. The molecule has 1 rings (SSSR count). The minimum absolute atomic E-state index is 0.153. The van der Waals surface area contributed by atoms with Gasteiger partial charge in [0.2, 0.25) is 0 Å². The highest BCUT2D eigenvalue weighted by Gasteiger charge is 2.32. The van der Waals surface area contributed by atoms with E-state index in [9.17, 15) is 10.2 Å². The largest absolute Gasteiger partial charge is 0.394 e. The van der Waals surface area contributed by atoms with Gasteiger partial charge < -0.3 is 20.3 Å². The predicted molar refractivity (Wildman–Crippen MR) is 86.5 cm³/mol. The third-order valence-electron chi connectivity index (χ3n) is 4.53. The van der Waals surface area contributed by atoms with Crippen LogP contribution in [0.2, 0.25) is 0 Å². The number of rotatable bonds is 13. The second-order valence-corrected chi connectivity index (χ2v) is 6.52. The molecule has 126 valence electrons. The van der Waals surface area contributed by atoms with E-state index in [0.29, 0.717) is 13.2 Å². The fourth-order valence-electron chi connectivity index (χ4n) is 3.04. The van der Waals surface area contributed by atoms with Crippen molar-refractivity contribution in [3.8, 4) is 0 Å². The van der Waals surface area contributed by atoms with E-state index in [1.165, 1.54) is 32.1 Å². The molecule has 1 unspecified atom stereocenters. The smallest absolute Gasteiger partial charge is 0.0897 e. The summed E-state index contributed by atoms with van der Waals surface area (Å²) in [6.45, 7) is 4.04. The minimum Gasteiger partial charge on any atom is -0.394 e. The molecule has 1 aliphatic carbocycles. The Morgan fingerprint density at radius 2 is 1.76 bits per heavy atom. The number of unbranched alkanes of at least 4 members (excludes halogenated alkanes) is 5. The third kappa shape index (κ3) is 8.15. The van der Waals surface area contributed by atoms with Crippen molar-refractivity contribution in [2.24, 2.45) is 0 Å². The van der Waals surface area contributed by atoms with E-state index in [0.717, 1.165) is 38.7 Å². The Morgan fingerprint density at radius 1 is 1.10 bits per heavy atom. The van der Waals surface area contributed by atoms with Crippen LogP contribution in [-0.2, 0) is 4.74 Å². The number of ether oxygens (including phenoxy) is 1. The normalized spacial score (nSPS) is 19.0. The predicted octanol–water partition coefficient (Wildman–Crippen LogP) is 2.62. The average Bonchev–Trinajstić information content (AvgIpc) is 2.97. The quantitative estimate of drug-likeness (QED) is 0.458. The Labute approximate surface area is 130 Å². The number of β-amino-alcohol motifs (C(OH)–C–C–N with tert-alkyl or cyclic N) is 1. The molecule has 0 heterocycles. The van der Waals surface area contributed by atoms with Crippen molar-refractivity contribution in [1.29, 1.82) is 0 Å². The van der Waals surface area contributed by atoms with Crippen molar-refractivity contribution >= 4 is 0 Å². The van der Waals surface area contributed by atoms with E-state index in [-0.39, 0.29) is 12.1 Å². The molecule has 0 amide bonds. The Hall–Kier alpha value is -0.160. The highest BCUT2D eigenvalue weighted by molar-refractivity contribution is 4.92. The van der Waals surface area contributed by atoms with Gasteiger partial charge in [-0.25, -0.2) is 0 Å². The number of aliphatic hydroxyl groups excluding tert-OH is 2. The summed E-state index contributed by atoms with van der Waals surface area (Å²) in [5.74, 6) is 0. The summed E-state index contributed by atoms with van der Waals surface area (Å²) < 4.78 is 5.53. The van der Waals surface area contributed by atoms with Crippen LogP contribution in [0.4, 0.5) is 0 Å². The zero-order chi connectivity index (χ0) is 15.4. The third-order valence-corrected chi connectivity index (χ3v) is 4.53. The number of hydrogen-bond acceptors (Lipinski definition) is 4. The van der Waals surface area contributed by atoms with Crippen LogP contribution in [0.3, 0.4) is 0 Å². The SMILES string of the molecule is CCCCCCCCOCC(O)CNC1(CO)CCCC1. The first-order valence-electron chi connectivity index (χ1n) is 8.84. The van der Waals surface area contributed by atoms with E-state index in [1.54, 1.807) is 0 Å². The molecular formula is C17H35NO3. The van der Waals surface area contributed by atoms with Crippen molar-refractivity contribution in [3.63, 3.8) is 0 Å². The van der Waals surface area contributed by atoms with Crippen LogP contribution >= 0.6 is 0 Å². The van der Waals surface area contributed by atoms with Crippen LogP contribution in [-0.4, -0.2) is 48.2 Å². The number of hydrogen-bond donors (Lipinski definition) is 3. The van der Waals surface area contributed by atoms with Gasteiger partial charge in [-0.2, -0.15) is 0 Å². The van der Waals surface area contributed by atoms with Crippen LogP contribution in [0.15, 0.2) is 0 Å². The van der Waals surface area contributed by atoms with Gasteiger partial charge in [-0.15, -0.1) is 0 Å². The molecule has 0 aromatic heterocycles. The second-order valence-electron chi connectivity index (χ2n) is 6.52. The molecule has 0 aliphatic heterocycles. The van der Waals surface area contributed by atoms with E-state index in [1.807, 2.05) is 0 Å². The first kappa shape index (κ1) is 18.9. The molecule has 0 bridgehead atoms. The lowest BCUT2D eigenvalue weighted by Crippen LogP contribution is -2.49. The summed E-state index contributed by atoms with van der Waals surface area (Å²) in [6, 6.07) is 0. The number of nitrogens with one attached hydrogen (secondary N) is 1. The number of aliphatic hydroxyl groups is 2. The van der Waals surface area contributed by atoms with Gasteiger partial charge in [-0.3, -0.25) is 0 Å². The minimum atomic E-state index is -0.478. The van der Waals surface area contributed by atoms with Crippen LogP contribution in [0.1, 0.15) is 71.1 Å². The standard InChI is InChI=1S/C17H35NO3/c1-2-3-4-5-6-9-12-21-14-16(20)13-18-17(15-19)10-7-8-11-17/h16,18-20H,2-15H2,1H3. The first-order valence-corrected chi connectivity index (χ1v) is 8.84. The summed E-state index contributed by atoms with van der Waals surface area (Å²) in [7, 11) is 0. The zero-order valence-corrected chi connectivity index (χ0v) is 13.8. The maximum absolute atomic E-state index is 9.92. The topological polar surface area (TPSA) is 61.7 Å². The Balaban J connectivity index is 1.95. The summed E-state index contributed by atoms with van der Waals surface area (Å²) in [5, 5.41) is 22.8. The molecule has 1 aliphatic rings. The lowest BCUT2D eigenvalue weighted by molar-refractivity contribution is 0.0280. The lowest BCUT2D eigenvalue weighted by Gasteiger charge is -2.29. The van der Waals surface area contributed by atoms with Crippen molar-refractivity contribution in [2.45, 2.75) is 82.8 Å². The van der Waals surface area contributed by atoms with Gasteiger partial charge >= 0.3 is 0 Å². The molecule has 4 nitrogen and oxygen atoms in total. The monoisotopic (exact) mass is 301 g/mol. The molecule has 21 heavy (non-hydrogen) atoms. The maximum atomic E-state index is 9.92. The van der Waals surface area contributed by atoms with Gasteiger partial charge in [0.1, 0.15) is 0 Å². The molecule has 0 aromatic carbocycles. The second kappa shape index (κ2) is 11.4. The van der Waals surface area contributed by atoms with Crippen molar-refractivity contribution in [3.05, 3.63) is 0 Å².